The van der Waals surface area contributed by atoms with E-state index >= 15 is 0 Å². The highest BCUT2D eigenvalue weighted by Gasteiger charge is 2.64. The van der Waals surface area contributed by atoms with Crippen molar-refractivity contribution >= 4 is 41.0 Å². The maximum Gasteiger partial charge on any atom is 0.268 e. The SMILES string of the molecule is Cn1cccc1C(=O)N[C@]1([C@H](O)C(=O)N2CSC(C)(C)[C@H]2C(=O)CNCc2ccccc2Cl)C[C@H]1c1ccccc1. The van der Waals surface area contributed by atoms with Crippen LogP contribution in [0.2, 0.25) is 5.02 Å². The van der Waals surface area contributed by atoms with Crippen LogP contribution in [0.3, 0.4) is 0 Å². The van der Waals surface area contributed by atoms with Crippen molar-refractivity contribution in [2.24, 2.45) is 7.05 Å². The first-order chi connectivity index (χ1) is 19.5. The number of amides is 2. The Morgan fingerprint density at radius 2 is 1.78 bits per heavy atom. The number of carbonyl (C=O) groups excluding carboxylic acids is 3. The number of nitrogens with zero attached hydrogens (tertiary/aromatic N) is 2. The summed E-state index contributed by atoms with van der Waals surface area (Å²) in [6, 6.07) is 19.7. The molecule has 1 aliphatic carbocycles. The fraction of sp³-hybridized carbons (Fsp3) is 0.387. The van der Waals surface area contributed by atoms with Crippen LogP contribution >= 0.6 is 23.4 Å². The lowest BCUT2D eigenvalue weighted by molar-refractivity contribution is -0.147. The van der Waals surface area contributed by atoms with E-state index in [1.165, 1.54) is 16.7 Å². The van der Waals surface area contributed by atoms with E-state index in [1.54, 1.807) is 36.0 Å². The van der Waals surface area contributed by atoms with Crippen LogP contribution in [0.4, 0.5) is 0 Å². The molecule has 4 atom stereocenters. The number of thioether (sulfide) groups is 1. The fourth-order valence-corrected chi connectivity index (χ4v) is 7.18. The molecule has 0 spiro atoms. The molecule has 2 heterocycles. The minimum absolute atomic E-state index is 0.0434. The Morgan fingerprint density at radius 3 is 2.46 bits per heavy atom. The van der Waals surface area contributed by atoms with Crippen molar-refractivity contribution in [1.29, 1.82) is 0 Å². The van der Waals surface area contributed by atoms with E-state index < -0.39 is 28.3 Å². The van der Waals surface area contributed by atoms with E-state index in [1.807, 2.05) is 62.4 Å². The quantitative estimate of drug-likeness (QED) is 0.330. The van der Waals surface area contributed by atoms with Gasteiger partial charge in [0.05, 0.1) is 18.0 Å². The zero-order valence-electron chi connectivity index (χ0n) is 23.3. The van der Waals surface area contributed by atoms with E-state index in [-0.39, 0.29) is 30.0 Å². The molecule has 2 amide bonds. The Hall–Kier alpha value is -3.11. The van der Waals surface area contributed by atoms with Crippen molar-refractivity contribution in [3.63, 3.8) is 0 Å². The highest BCUT2D eigenvalue weighted by Crippen LogP contribution is 2.54. The number of Topliss-reactive ketones (excluding diaryl/α,β-unsaturated/α-hetero) is 1. The van der Waals surface area contributed by atoms with Gasteiger partial charge in [-0.25, -0.2) is 0 Å². The molecule has 41 heavy (non-hydrogen) atoms. The van der Waals surface area contributed by atoms with E-state index in [2.05, 4.69) is 10.6 Å². The van der Waals surface area contributed by atoms with Gasteiger partial charge in [0, 0.05) is 35.5 Å². The molecule has 1 aliphatic heterocycles. The third kappa shape index (κ3) is 5.81. The average Bonchev–Trinajstić information content (AvgIpc) is 3.35. The second-order valence-electron chi connectivity index (χ2n) is 11.3. The maximum absolute atomic E-state index is 14.0. The molecular weight excluding hydrogens is 560 g/mol. The zero-order chi connectivity index (χ0) is 29.4. The standard InChI is InChI=1S/C31H35ClN4O4S/c1-30(2)26(25(37)18-33-17-21-12-7-8-13-23(21)32)36(19-41-30)29(40)27(38)31(16-22(31)20-10-5-4-6-11-20)34-28(39)24-14-9-15-35(24)3/h4-15,22,26-27,33,38H,16-19H2,1-3H3,(H,34,39)/t22-,26+,27+,31+/m0/s1. The zero-order valence-corrected chi connectivity index (χ0v) is 24.9. The summed E-state index contributed by atoms with van der Waals surface area (Å²) in [6.07, 6.45) is 0.644. The Bertz CT molecular complexity index is 1440. The minimum atomic E-state index is -1.53. The number of halogens is 1. The summed E-state index contributed by atoms with van der Waals surface area (Å²) in [7, 11) is 1.77. The lowest BCUT2D eigenvalue weighted by atomic mass is 9.94. The third-order valence-electron chi connectivity index (χ3n) is 8.16. The van der Waals surface area contributed by atoms with Crippen LogP contribution in [0.1, 0.15) is 47.8 Å². The monoisotopic (exact) mass is 594 g/mol. The first kappa shape index (κ1) is 29.4. The predicted molar refractivity (Wildman–Crippen MR) is 161 cm³/mol. The number of hydrogen-bond donors (Lipinski definition) is 3. The summed E-state index contributed by atoms with van der Waals surface area (Å²) in [5.41, 5.74) is 1.05. The Labute approximate surface area is 249 Å². The van der Waals surface area contributed by atoms with Gasteiger partial charge in [-0.3, -0.25) is 14.4 Å². The Morgan fingerprint density at radius 1 is 1.07 bits per heavy atom. The van der Waals surface area contributed by atoms with Crippen molar-refractivity contribution in [2.75, 3.05) is 12.4 Å². The van der Waals surface area contributed by atoms with E-state index in [4.69, 9.17) is 11.6 Å². The highest BCUT2D eigenvalue weighted by atomic mass is 35.5. The van der Waals surface area contributed by atoms with E-state index in [9.17, 15) is 19.5 Å². The number of benzene rings is 2. The number of ketones is 1. The molecule has 8 nitrogen and oxygen atoms in total. The van der Waals surface area contributed by atoms with Crippen molar-refractivity contribution in [2.45, 2.75) is 55.2 Å². The second-order valence-corrected chi connectivity index (χ2v) is 13.3. The molecule has 2 aliphatic rings. The lowest BCUT2D eigenvalue weighted by Gasteiger charge is -2.34. The molecule has 5 rings (SSSR count). The number of hydrogen-bond acceptors (Lipinski definition) is 6. The van der Waals surface area contributed by atoms with Gasteiger partial charge >= 0.3 is 0 Å². The van der Waals surface area contributed by atoms with Gasteiger partial charge in [-0.1, -0.05) is 60.1 Å². The highest BCUT2D eigenvalue weighted by molar-refractivity contribution is 8.00. The average molecular weight is 595 g/mol. The van der Waals surface area contributed by atoms with Crippen LogP contribution in [-0.2, 0) is 23.2 Å². The molecule has 2 fully saturated rings. The molecule has 3 aromatic rings. The topological polar surface area (TPSA) is 104 Å². The number of rotatable bonds is 10. The van der Waals surface area contributed by atoms with Gasteiger partial charge in [-0.15, -0.1) is 11.8 Å². The summed E-state index contributed by atoms with van der Waals surface area (Å²) < 4.78 is 1.14. The maximum atomic E-state index is 14.0. The number of carbonyl (C=O) groups is 3. The molecule has 0 radical (unpaired) electrons. The van der Waals surface area contributed by atoms with Crippen LogP contribution in [0.5, 0.6) is 0 Å². The minimum Gasteiger partial charge on any atom is -0.381 e. The van der Waals surface area contributed by atoms with Crippen LogP contribution in [0.15, 0.2) is 72.9 Å². The summed E-state index contributed by atoms with van der Waals surface area (Å²) in [6.45, 7) is 4.33. The van der Waals surface area contributed by atoms with Crippen LogP contribution in [0.25, 0.3) is 0 Å². The normalized spacial score (nSPS) is 23.7. The number of aliphatic hydroxyl groups excluding tert-OH is 1. The molecule has 1 saturated carbocycles. The van der Waals surface area contributed by atoms with Crippen molar-refractivity contribution in [3.05, 3.63) is 94.8 Å². The van der Waals surface area contributed by atoms with Gasteiger partial charge in [0.2, 0.25) is 0 Å². The third-order valence-corrected chi connectivity index (χ3v) is 9.90. The molecule has 1 saturated heterocycles. The predicted octanol–water partition coefficient (Wildman–Crippen LogP) is 3.73. The molecule has 2 aromatic carbocycles. The lowest BCUT2D eigenvalue weighted by Crippen LogP contribution is -2.59. The summed E-state index contributed by atoms with van der Waals surface area (Å²) in [5.74, 6) is -1.05. The smallest absolute Gasteiger partial charge is 0.268 e. The molecule has 0 bridgehead atoms. The second kappa shape index (κ2) is 11.6. The van der Waals surface area contributed by atoms with Gasteiger partial charge in [-0.2, -0.15) is 0 Å². The largest absolute Gasteiger partial charge is 0.381 e. The number of aliphatic hydroxyl groups is 1. The van der Waals surface area contributed by atoms with Crippen LogP contribution in [-0.4, -0.2) is 67.0 Å². The Balaban J connectivity index is 1.35. The number of aromatic nitrogens is 1. The van der Waals surface area contributed by atoms with Crippen molar-refractivity contribution in [1.82, 2.24) is 20.1 Å². The van der Waals surface area contributed by atoms with E-state index in [0.29, 0.717) is 23.7 Å². The molecule has 0 unspecified atom stereocenters. The van der Waals surface area contributed by atoms with Crippen molar-refractivity contribution < 1.29 is 19.5 Å². The molecule has 1 aromatic heterocycles. The molecular formula is C31H35ClN4O4S. The molecule has 216 valence electrons. The number of nitrogens with one attached hydrogen (secondary N) is 2. The molecule has 3 N–H and O–H groups in total. The van der Waals surface area contributed by atoms with Crippen molar-refractivity contribution in [3.8, 4) is 0 Å². The first-order valence-corrected chi connectivity index (χ1v) is 15.0. The number of aryl methyl sites for hydroxylation is 1. The molecule has 10 heteroatoms. The van der Waals surface area contributed by atoms with Gasteiger partial charge < -0.3 is 25.2 Å². The van der Waals surface area contributed by atoms with Gasteiger partial charge in [0.25, 0.3) is 11.8 Å². The van der Waals surface area contributed by atoms with E-state index in [0.717, 1.165) is 11.1 Å². The Kier molecular flexibility index (Phi) is 8.34. The van der Waals surface area contributed by atoms with Gasteiger partial charge in [0.1, 0.15) is 11.7 Å². The van der Waals surface area contributed by atoms with Crippen LogP contribution in [0, 0.1) is 0 Å². The first-order valence-electron chi connectivity index (χ1n) is 13.6. The summed E-state index contributed by atoms with van der Waals surface area (Å²) >= 11 is 7.75. The summed E-state index contributed by atoms with van der Waals surface area (Å²) in [4.78, 5) is 42.3. The summed E-state index contributed by atoms with van der Waals surface area (Å²) in [5, 5.41) is 18.5. The fourth-order valence-electron chi connectivity index (χ4n) is 5.81. The van der Waals surface area contributed by atoms with Crippen LogP contribution < -0.4 is 10.6 Å². The van der Waals surface area contributed by atoms with Gasteiger partial charge in [-0.05, 0) is 49.6 Å². The van der Waals surface area contributed by atoms with Gasteiger partial charge in [0.15, 0.2) is 11.9 Å².